The first-order chi connectivity index (χ1) is 6.72. The Morgan fingerprint density at radius 2 is 1.36 bits per heavy atom. The summed E-state index contributed by atoms with van der Waals surface area (Å²) in [5.74, 6) is 0.755. The number of hydrogen-bond acceptors (Lipinski definition) is 1. The second kappa shape index (κ2) is 9.23. The smallest absolute Gasteiger partial charge is 0.132 e. The maximum Gasteiger partial charge on any atom is 0.132 e. The Kier molecular flexibility index (Phi) is 9.02. The maximum atomic E-state index is 11.3. The Labute approximate surface area is 89.3 Å². The minimum atomic E-state index is 0.355. The van der Waals surface area contributed by atoms with Crippen LogP contribution in [0.25, 0.3) is 0 Å². The highest BCUT2D eigenvalue weighted by Gasteiger charge is 2.12. The van der Waals surface area contributed by atoms with E-state index in [-0.39, 0.29) is 0 Å². The summed E-state index contributed by atoms with van der Waals surface area (Å²) in [5.41, 5.74) is 0. The topological polar surface area (TPSA) is 17.1 Å². The number of unbranched alkanes of at least 4 members (excludes halogenated alkanes) is 4. The van der Waals surface area contributed by atoms with Crippen LogP contribution in [0.4, 0.5) is 0 Å². The Hall–Kier alpha value is -0.330. The minimum Gasteiger partial charge on any atom is -0.300 e. The molecule has 0 atom stereocenters. The molecular weight excluding hydrogens is 172 g/mol. The van der Waals surface area contributed by atoms with Crippen molar-refractivity contribution in [3.8, 4) is 0 Å². The quantitative estimate of drug-likeness (QED) is 0.503. The van der Waals surface area contributed by atoms with Gasteiger partial charge in [-0.1, -0.05) is 52.4 Å². The van der Waals surface area contributed by atoms with Crippen LogP contribution in [0.1, 0.15) is 72.1 Å². The molecular formula is C13H26O. The van der Waals surface area contributed by atoms with Crippen LogP contribution in [-0.4, -0.2) is 5.78 Å². The van der Waals surface area contributed by atoms with Gasteiger partial charge in [-0.25, -0.2) is 0 Å². The summed E-state index contributed by atoms with van der Waals surface area (Å²) < 4.78 is 0. The van der Waals surface area contributed by atoms with E-state index in [0.717, 1.165) is 12.8 Å². The van der Waals surface area contributed by atoms with Crippen LogP contribution in [0.3, 0.4) is 0 Å². The molecule has 0 rings (SSSR count). The number of ketones is 1. The van der Waals surface area contributed by atoms with E-state index in [1.54, 1.807) is 6.92 Å². The van der Waals surface area contributed by atoms with Crippen molar-refractivity contribution in [1.82, 2.24) is 0 Å². The predicted octanol–water partition coefficient (Wildman–Crippen LogP) is 4.35. The number of Topliss-reactive ketones (excluding diaryl/α,β-unsaturated/α-hetero) is 1. The van der Waals surface area contributed by atoms with Crippen LogP contribution >= 0.6 is 0 Å². The number of carbonyl (C=O) groups excluding carboxylic acids is 1. The Morgan fingerprint density at radius 1 is 0.929 bits per heavy atom. The zero-order chi connectivity index (χ0) is 10.8. The minimum absolute atomic E-state index is 0.355. The SMILES string of the molecule is CCCCCC(CCCCC)C(C)=O. The summed E-state index contributed by atoms with van der Waals surface area (Å²) in [7, 11) is 0. The normalized spacial score (nSPS) is 10.9. The monoisotopic (exact) mass is 198 g/mol. The molecule has 0 aliphatic heterocycles. The van der Waals surface area contributed by atoms with Crippen molar-refractivity contribution in [2.24, 2.45) is 5.92 Å². The van der Waals surface area contributed by atoms with Crippen LogP contribution in [0.5, 0.6) is 0 Å². The van der Waals surface area contributed by atoms with Gasteiger partial charge in [-0.05, 0) is 19.8 Å². The fourth-order valence-electron chi connectivity index (χ4n) is 1.83. The van der Waals surface area contributed by atoms with E-state index in [1.807, 2.05) is 0 Å². The molecule has 0 aliphatic carbocycles. The molecule has 0 radical (unpaired) electrons. The van der Waals surface area contributed by atoms with E-state index in [9.17, 15) is 4.79 Å². The lowest BCUT2D eigenvalue weighted by molar-refractivity contribution is -0.121. The summed E-state index contributed by atoms with van der Waals surface area (Å²) in [4.78, 5) is 11.3. The van der Waals surface area contributed by atoms with Gasteiger partial charge in [0.15, 0.2) is 0 Å². The second-order valence-corrected chi connectivity index (χ2v) is 4.30. The molecule has 0 saturated heterocycles. The van der Waals surface area contributed by atoms with E-state index in [1.165, 1.54) is 38.5 Å². The molecule has 0 spiro atoms. The molecule has 1 heteroatoms. The van der Waals surface area contributed by atoms with Gasteiger partial charge in [0.05, 0.1) is 0 Å². The van der Waals surface area contributed by atoms with Gasteiger partial charge in [-0.15, -0.1) is 0 Å². The Balaban J connectivity index is 3.61. The van der Waals surface area contributed by atoms with Crippen molar-refractivity contribution < 1.29 is 4.79 Å². The maximum absolute atomic E-state index is 11.3. The lowest BCUT2D eigenvalue weighted by atomic mass is 9.92. The van der Waals surface area contributed by atoms with Gasteiger partial charge in [0.25, 0.3) is 0 Å². The number of carbonyl (C=O) groups is 1. The van der Waals surface area contributed by atoms with Crippen molar-refractivity contribution in [3.63, 3.8) is 0 Å². The summed E-state index contributed by atoms with van der Waals surface area (Å²) >= 11 is 0. The van der Waals surface area contributed by atoms with Crippen LogP contribution in [0, 0.1) is 5.92 Å². The van der Waals surface area contributed by atoms with Gasteiger partial charge in [-0.2, -0.15) is 0 Å². The summed E-state index contributed by atoms with van der Waals surface area (Å²) in [6, 6.07) is 0. The lowest BCUT2D eigenvalue weighted by Crippen LogP contribution is -2.10. The first-order valence-electron chi connectivity index (χ1n) is 6.22. The van der Waals surface area contributed by atoms with Crippen LogP contribution in [0.15, 0.2) is 0 Å². The van der Waals surface area contributed by atoms with Crippen LogP contribution in [-0.2, 0) is 4.79 Å². The standard InChI is InChI=1S/C13H26O/c1-4-6-8-10-13(12(3)14)11-9-7-5-2/h13H,4-11H2,1-3H3. The second-order valence-electron chi connectivity index (χ2n) is 4.30. The molecule has 1 nitrogen and oxygen atoms in total. The fraction of sp³-hybridized carbons (Fsp3) is 0.923. The third kappa shape index (κ3) is 7.11. The largest absolute Gasteiger partial charge is 0.300 e. The molecule has 0 saturated carbocycles. The summed E-state index contributed by atoms with van der Waals surface area (Å²) in [5, 5.41) is 0. The van der Waals surface area contributed by atoms with Crippen molar-refractivity contribution in [3.05, 3.63) is 0 Å². The summed E-state index contributed by atoms with van der Waals surface area (Å²) in [6.07, 6.45) is 9.74. The van der Waals surface area contributed by atoms with E-state index < -0.39 is 0 Å². The highest BCUT2D eigenvalue weighted by atomic mass is 16.1. The van der Waals surface area contributed by atoms with Crippen molar-refractivity contribution in [1.29, 1.82) is 0 Å². The first-order valence-corrected chi connectivity index (χ1v) is 6.22. The fourth-order valence-corrected chi connectivity index (χ4v) is 1.83. The number of hydrogen-bond donors (Lipinski definition) is 0. The molecule has 0 heterocycles. The third-order valence-corrected chi connectivity index (χ3v) is 2.89. The third-order valence-electron chi connectivity index (χ3n) is 2.89. The average molecular weight is 198 g/mol. The summed E-state index contributed by atoms with van der Waals surface area (Å²) in [6.45, 7) is 6.17. The molecule has 0 unspecified atom stereocenters. The van der Waals surface area contributed by atoms with E-state index in [2.05, 4.69) is 13.8 Å². The Bertz CT molecular complexity index is 130. The predicted molar refractivity (Wildman–Crippen MR) is 62.5 cm³/mol. The van der Waals surface area contributed by atoms with Crippen molar-refractivity contribution >= 4 is 5.78 Å². The molecule has 0 bridgehead atoms. The van der Waals surface area contributed by atoms with Crippen LogP contribution < -0.4 is 0 Å². The van der Waals surface area contributed by atoms with Gasteiger partial charge in [0, 0.05) is 5.92 Å². The molecule has 0 aliphatic rings. The first kappa shape index (κ1) is 13.7. The van der Waals surface area contributed by atoms with Gasteiger partial charge in [-0.3, -0.25) is 4.79 Å². The molecule has 0 aromatic carbocycles. The average Bonchev–Trinajstić information content (AvgIpc) is 2.15. The van der Waals surface area contributed by atoms with Crippen molar-refractivity contribution in [2.75, 3.05) is 0 Å². The zero-order valence-corrected chi connectivity index (χ0v) is 10.1. The molecule has 0 amide bonds. The van der Waals surface area contributed by atoms with Gasteiger partial charge >= 0.3 is 0 Å². The van der Waals surface area contributed by atoms with E-state index in [4.69, 9.17) is 0 Å². The van der Waals surface area contributed by atoms with Crippen molar-refractivity contribution in [2.45, 2.75) is 72.1 Å². The Morgan fingerprint density at radius 3 is 1.64 bits per heavy atom. The molecule has 0 aromatic rings. The van der Waals surface area contributed by atoms with E-state index in [0.29, 0.717) is 11.7 Å². The lowest BCUT2D eigenvalue weighted by Gasteiger charge is -2.12. The molecule has 0 N–H and O–H groups in total. The van der Waals surface area contributed by atoms with E-state index >= 15 is 0 Å². The van der Waals surface area contributed by atoms with Gasteiger partial charge in [0.1, 0.15) is 5.78 Å². The van der Waals surface area contributed by atoms with Gasteiger partial charge in [0.2, 0.25) is 0 Å². The molecule has 0 fully saturated rings. The number of rotatable bonds is 9. The molecule has 84 valence electrons. The zero-order valence-electron chi connectivity index (χ0n) is 10.1. The highest BCUT2D eigenvalue weighted by Crippen LogP contribution is 2.18. The molecule has 0 aromatic heterocycles. The van der Waals surface area contributed by atoms with Gasteiger partial charge < -0.3 is 0 Å². The molecule has 14 heavy (non-hydrogen) atoms. The van der Waals surface area contributed by atoms with Crippen LogP contribution in [0.2, 0.25) is 0 Å². The highest BCUT2D eigenvalue weighted by molar-refractivity contribution is 5.78.